The highest BCUT2D eigenvalue weighted by Gasteiger charge is 2.37. The van der Waals surface area contributed by atoms with Crippen LogP contribution in [0.4, 0.5) is 4.79 Å². The molecule has 1 aromatic carbocycles. The minimum Gasteiger partial charge on any atom is -0.496 e. The maximum atomic E-state index is 12.4. The van der Waals surface area contributed by atoms with Gasteiger partial charge in [-0.05, 0) is 18.6 Å². The number of methoxy groups -OCH3 is 2. The summed E-state index contributed by atoms with van der Waals surface area (Å²) in [5.74, 6) is -0.256. The van der Waals surface area contributed by atoms with Gasteiger partial charge in [-0.2, -0.15) is 0 Å². The number of carboxylic acid groups (broad SMARTS) is 1. The Morgan fingerprint density at radius 3 is 2.23 bits per heavy atom. The van der Waals surface area contributed by atoms with Crippen LogP contribution >= 0.6 is 0 Å². The van der Waals surface area contributed by atoms with Gasteiger partial charge in [-0.1, -0.05) is 58.1 Å². The highest BCUT2D eigenvalue weighted by Crippen LogP contribution is 2.31. The van der Waals surface area contributed by atoms with E-state index in [9.17, 15) is 14.4 Å². The summed E-state index contributed by atoms with van der Waals surface area (Å²) in [7, 11) is 3.05. The van der Waals surface area contributed by atoms with Gasteiger partial charge in [0, 0.05) is 13.0 Å². The number of carbonyl (C=O) groups excluding carboxylic acids is 2. The van der Waals surface area contributed by atoms with Crippen molar-refractivity contribution in [2.24, 2.45) is 0 Å². The smallest absolute Gasteiger partial charge is 0.329 e. The molecule has 2 N–H and O–H groups in total. The Kier molecular flexibility index (Phi) is 11.8. The Balaban J connectivity index is 0.000000861. The third kappa shape index (κ3) is 7.96. The third-order valence-corrected chi connectivity index (χ3v) is 4.76. The summed E-state index contributed by atoms with van der Waals surface area (Å²) in [6.07, 6.45) is 6.87. The number of carboxylic acids is 1. The Labute approximate surface area is 184 Å². The molecule has 1 heterocycles. The second-order valence-corrected chi connectivity index (χ2v) is 7.01. The average Bonchev–Trinajstić information content (AvgIpc) is 3.05. The number of unbranched alkanes of at least 4 members (excludes halogenated alkanes) is 5. The van der Waals surface area contributed by atoms with Gasteiger partial charge in [-0.25, -0.2) is 4.79 Å². The lowest BCUT2D eigenvalue weighted by molar-refractivity contribution is -0.136. The van der Waals surface area contributed by atoms with Gasteiger partial charge in [0.25, 0.3) is 5.91 Å². The largest absolute Gasteiger partial charge is 0.496 e. The molecule has 1 aliphatic heterocycles. The summed E-state index contributed by atoms with van der Waals surface area (Å²) < 4.78 is 10.9. The fraction of sp³-hybridized carbons (Fsp3) is 0.522. The number of para-hydroxylation sites is 1. The summed E-state index contributed by atoms with van der Waals surface area (Å²) in [6, 6.07) is 6.88. The highest BCUT2D eigenvalue weighted by molar-refractivity contribution is 6.15. The maximum Gasteiger partial charge on any atom is 0.329 e. The number of imide groups is 1. The SMILES string of the molecule is CCC(=O)O.CCCCCCCCN1C(=O)NC(=O)C1=C(OC)c1ccccc1OC. The summed E-state index contributed by atoms with van der Waals surface area (Å²) in [5.41, 5.74) is 0.890. The summed E-state index contributed by atoms with van der Waals surface area (Å²) in [4.78, 5) is 35.5. The molecule has 1 fully saturated rings. The molecule has 0 unspecified atom stereocenters. The van der Waals surface area contributed by atoms with E-state index in [0.29, 0.717) is 23.6 Å². The second kappa shape index (κ2) is 14.1. The molecule has 0 saturated carbocycles. The number of aliphatic carboxylic acids is 1. The van der Waals surface area contributed by atoms with Crippen molar-refractivity contribution in [1.29, 1.82) is 0 Å². The number of nitrogens with one attached hydrogen (secondary N) is 1. The Morgan fingerprint density at radius 2 is 1.65 bits per heavy atom. The van der Waals surface area contributed by atoms with Crippen LogP contribution in [0.1, 0.15) is 64.4 Å². The molecule has 0 aromatic heterocycles. The van der Waals surface area contributed by atoms with Crippen molar-refractivity contribution in [2.45, 2.75) is 58.8 Å². The van der Waals surface area contributed by atoms with Gasteiger partial charge in [0.1, 0.15) is 5.75 Å². The lowest BCUT2D eigenvalue weighted by Crippen LogP contribution is -2.29. The fourth-order valence-electron chi connectivity index (χ4n) is 3.10. The minimum atomic E-state index is -0.745. The molecule has 1 aromatic rings. The molecular formula is C23H34N2O6. The summed E-state index contributed by atoms with van der Waals surface area (Å²) >= 11 is 0. The highest BCUT2D eigenvalue weighted by atomic mass is 16.5. The van der Waals surface area contributed by atoms with Crippen LogP contribution in [0.15, 0.2) is 30.0 Å². The minimum absolute atomic E-state index is 0.222. The van der Waals surface area contributed by atoms with Crippen LogP contribution in [0.25, 0.3) is 5.76 Å². The molecule has 8 heteroatoms. The van der Waals surface area contributed by atoms with Gasteiger partial charge in [-0.3, -0.25) is 19.8 Å². The van der Waals surface area contributed by atoms with Crippen LogP contribution < -0.4 is 10.1 Å². The second-order valence-electron chi connectivity index (χ2n) is 7.01. The molecule has 0 bridgehead atoms. The number of carbonyl (C=O) groups is 3. The molecule has 0 aliphatic carbocycles. The number of amides is 3. The molecule has 0 radical (unpaired) electrons. The first-order chi connectivity index (χ1) is 14.9. The van der Waals surface area contributed by atoms with Crippen molar-refractivity contribution in [3.05, 3.63) is 35.5 Å². The van der Waals surface area contributed by atoms with Crippen LogP contribution in [0, 0.1) is 0 Å². The van der Waals surface area contributed by atoms with E-state index >= 15 is 0 Å². The summed E-state index contributed by atoms with van der Waals surface area (Å²) in [6.45, 7) is 4.27. The normalized spacial score (nSPS) is 14.5. The van der Waals surface area contributed by atoms with Crippen molar-refractivity contribution >= 4 is 23.7 Å². The maximum absolute atomic E-state index is 12.4. The first kappa shape index (κ1) is 26.0. The topological polar surface area (TPSA) is 105 Å². The summed E-state index contributed by atoms with van der Waals surface area (Å²) in [5, 5.41) is 10.1. The van der Waals surface area contributed by atoms with Gasteiger partial charge in [-0.15, -0.1) is 0 Å². The molecule has 2 rings (SSSR count). The quantitative estimate of drug-likeness (QED) is 0.231. The Hall–Kier alpha value is -3.03. The number of hydrogen-bond donors (Lipinski definition) is 2. The van der Waals surface area contributed by atoms with Gasteiger partial charge in [0.2, 0.25) is 0 Å². The van der Waals surface area contributed by atoms with Crippen molar-refractivity contribution in [1.82, 2.24) is 10.2 Å². The van der Waals surface area contributed by atoms with E-state index in [1.54, 1.807) is 20.1 Å². The van der Waals surface area contributed by atoms with Gasteiger partial charge in [0.15, 0.2) is 11.5 Å². The predicted molar refractivity (Wildman–Crippen MR) is 118 cm³/mol. The number of hydrogen-bond acceptors (Lipinski definition) is 5. The lowest BCUT2D eigenvalue weighted by atomic mass is 10.1. The van der Waals surface area contributed by atoms with Crippen molar-refractivity contribution < 1.29 is 29.0 Å². The number of nitrogens with zero attached hydrogens (tertiary/aromatic N) is 1. The van der Waals surface area contributed by atoms with Crippen LogP contribution in [0.3, 0.4) is 0 Å². The standard InChI is InChI=1S/C20H28N2O4.C3H6O2/c1-4-5-6-7-8-11-14-22-17(19(23)21-20(22)24)18(26-3)15-12-9-10-13-16(15)25-2;1-2-3(4)5/h9-10,12-13H,4-8,11,14H2,1-3H3,(H,21,23,24);2H2,1H3,(H,4,5). The molecule has 3 amide bonds. The molecule has 172 valence electrons. The molecule has 1 aliphatic rings. The van der Waals surface area contributed by atoms with E-state index in [-0.39, 0.29) is 12.1 Å². The first-order valence-corrected chi connectivity index (χ1v) is 10.7. The molecule has 31 heavy (non-hydrogen) atoms. The van der Waals surface area contributed by atoms with E-state index in [1.807, 2.05) is 18.2 Å². The van der Waals surface area contributed by atoms with E-state index in [2.05, 4.69) is 12.2 Å². The number of benzene rings is 1. The number of urea groups is 1. The average molecular weight is 435 g/mol. The Morgan fingerprint density at radius 1 is 1.03 bits per heavy atom. The van der Waals surface area contributed by atoms with Gasteiger partial charge < -0.3 is 14.6 Å². The molecule has 8 nitrogen and oxygen atoms in total. The van der Waals surface area contributed by atoms with Crippen molar-refractivity contribution in [3.63, 3.8) is 0 Å². The van der Waals surface area contributed by atoms with Crippen molar-refractivity contribution in [3.8, 4) is 5.75 Å². The van der Waals surface area contributed by atoms with Crippen LogP contribution in [-0.2, 0) is 14.3 Å². The van der Waals surface area contributed by atoms with Gasteiger partial charge in [0.05, 0.1) is 19.8 Å². The van der Waals surface area contributed by atoms with Gasteiger partial charge >= 0.3 is 12.0 Å². The van der Waals surface area contributed by atoms with Crippen LogP contribution in [0.2, 0.25) is 0 Å². The molecular weight excluding hydrogens is 400 g/mol. The monoisotopic (exact) mass is 434 g/mol. The van der Waals surface area contributed by atoms with Crippen LogP contribution in [0.5, 0.6) is 5.75 Å². The predicted octanol–water partition coefficient (Wildman–Crippen LogP) is 4.40. The van der Waals surface area contributed by atoms with E-state index in [4.69, 9.17) is 14.6 Å². The van der Waals surface area contributed by atoms with Crippen LogP contribution in [-0.4, -0.2) is 48.7 Å². The third-order valence-electron chi connectivity index (χ3n) is 4.76. The lowest BCUT2D eigenvalue weighted by Gasteiger charge is -2.19. The fourth-order valence-corrected chi connectivity index (χ4v) is 3.10. The zero-order valence-corrected chi connectivity index (χ0v) is 18.9. The zero-order valence-electron chi connectivity index (χ0n) is 18.9. The molecule has 1 saturated heterocycles. The van der Waals surface area contributed by atoms with E-state index < -0.39 is 17.9 Å². The van der Waals surface area contributed by atoms with E-state index in [1.165, 1.54) is 31.3 Å². The molecule has 0 spiro atoms. The number of ether oxygens (including phenoxy) is 2. The number of rotatable bonds is 11. The zero-order chi connectivity index (χ0) is 23.2. The van der Waals surface area contributed by atoms with Crippen molar-refractivity contribution in [2.75, 3.05) is 20.8 Å². The molecule has 0 atom stereocenters. The Bertz CT molecular complexity index is 775. The first-order valence-electron chi connectivity index (χ1n) is 10.7. The van der Waals surface area contributed by atoms with E-state index in [0.717, 1.165) is 19.3 Å².